The molecule has 0 fully saturated rings. The fourth-order valence-corrected chi connectivity index (χ4v) is 3.72. The highest BCUT2D eigenvalue weighted by Crippen LogP contribution is 2.17. The van der Waals surface area contributed by atoms with E-state index in [1.165, 1.54) is 18.2 Å². The maximum absolute atomic E-state index is 13.2. The summed E-state index contributed by atoms with van der Waals surface area (Å²) in [5, 5.41) is 3.29. The number of halogens is 1. The molecule has 2 atom stereocenters. The molecular formula is C15H24FNO2S. The Morgan fingerprint density at radius 2 is 2.00 bits per heavy atom. The molecule has 3 nitrogen and oxygen atoms in total. The summed E-state index contributed by atoms with van der Waals surface area (Å²) in [7, 11) is -3.47. The van der Waals surface area contributed by atoms with E-state index in [0.717, 1.165) is 25.5 Å². The molecular weight excluding hydrogens is 277 g/mol. The standard InChI is InChI=1S/C15H24FNO2S/c1-4-9-17-15(12(3)5-2)11-20(18,19)14-8-6-7-13(16)10-14/h6-8,10,12,15,17H,4-5,9,11H2,1-3H3. The van der Waals surface area contributed by atoms with Crippen LogP contribution in [-0.2, 0) is 9.84 Å². The second-order valence-electron chi connectivity index (χ2n) is 5.18. The Hall–Kier alpha value is -0.940. The van der Waals surface area contributed by atoms with Crippen molar-refractivity contribution in [1.29, 1.82) is 0 Å². The Morgan fingerprint density at radius 3 is 2.55 bits per heavy atom. The normalized spacial score (nSPS) is 15.0. The quantitative estimate of drug-likeness (QED) is 0.803. The number of benzene rings is 1. The maximum Gasteiger partial charge on any atom is 0.180 e. The van der Waals surface area contributed by atoms with Crippen molar-refractivity contribution in [2.45, 2.75) is 44.6 Å². The molecule has 1 rings (SSSR count). The van der Waals surface area contributed by atoms with Gasteiger partial charge in [-0.05, 0) is 37.1 Å². The van der Waals surface area contributed by atoms with E-state index in [1.54, 1.807) is 0 Å². The lowest BCUT2D eigenvalue weighted by molar-refractivity contribution is 0.391. The van der Waals surface area contributed by atoms with Gasteiger partial charge in [-0.2, -0.15) is 0 Å². The fraction of sp³-hybridized carbons (Fsp3) is 0.600. The van der Waals surface area contributed by atoms with Crippen LogP contribution in [0.15, 0.2) is 29.2 Å². The molecule has 0 saturated carbocycles. The number of nitrogens with one attached hydrogen (secondary N) is 1. The third kappa shape index (κ3) is 4.87. The largest absolute Gasteiger partial charge is 0.313 e. The van der Waals surface area contributed by atoms with Crippen molar-refractivity contribution in [3.05, 3.63) is 30.1 Å². The van der Waals surface area contributed by atoms with Gasteiger partial charge in [-0.15, -0.1) is 0 Å². The second kappa shape index (κ2) is 7.74. The van der Waals surface area contributed by atoms with Crippen LogP contribution in [-0.4, -0.2) is 26.8 Å². The minimum atomic E-state index is -3.47. The zero-order valence-electron chi connectivity index (χ0n) is 12.4. The van der Waals surface area contributed by atoms with Crippen molar-refractivity contribution in [2.75, 3.05) is 12.3 Å². The topological polar surface area (TPSA) is 46.2 Å². The summed E-state index contributed by atoms with van der Waals surface area (Å²) in [6.45, 7) is 6.91. The minimum absolute atomic E-state index is 0.00542. The molecule has 0 aromatic heterocycles. The molecule has 0 aliphatic heterocycles. The highest BCUT2D eigenvalue weighted by molar-refractivity contribution is 7.91. The van der Waals surface area contributed by atoms with E-state index in [0.29, 0.717) is 0 Å². The van der Waals surface area contributed by atoms with Gasteiger partial charge in [0.25, 0.3) is 0 Å². The monoisotopic (exact) mass is 301 g/mol. The van der Waals surface area contributed by atoms with E-state index in [9.17, 15) is 12.8 Å². The Bertz CT molecular complexity index is 516. The summed E-state index contributed by atoms with van der Waals surface area (Å²) in [5.41, 5.74) is 0. The smallest absolute Gasteiger partial charge is 0.180 e. The summed E-state index contributed by atoms with van der Waals surface area (Å²) >= 11 is 0. The molecule has 20 heavy (non-hydrogen) atoms. The van der Waals surface area contributed by atoms with Crippen molar-refractivity contribution in [1.82, 2.24) is 5.32 Å². The Morgan fingerprint density at radius 1 is 1.30 bits per heavy atom. The van der Waals surface area contributed by atoms with Crippen molar-refractivity contribution in [3.63, 3.8) is 0 Å². The average Bonchev–Trinajstić information content (AvgIpc) is 2.42. The zero-order chi connectivity index (χ0) is 15.2. The van der Waals surface area contributed by atoms with Gasteiger partial charge >= 0.3 is 0 Å². The lowest BCUT2D eigenvalue weighted by Crippen LogP contribution is -2.41. The Balaban J connectivity index is 2.90. The lowest BCUT2D eigenvalue weighted by Gasteiger charge is -2.24. The van der Waals surface area contributed by atoms with Crippen molar-refractivity contribution < 1.29 is 12.8 Å². The van der Waals surface area contributed by atoms with Crippen molar-refractivity contribution in [2.24, 2.45) is 5.92 Å². The highest BCUT2D eigenvalue weighted by Gasteiger charge is 2.24. The van der Waals surface area contributed by atoms with E-state index in [-0.39, 0.29) is 22.6 Å². The van der Waals surface area contributed by atoms with Crippen LogP contribution < -0.4 is 5.32 Å². The van der Waals surface area contributed by atoms with Crippen LogP contribution in [0.5, 0.6) is 0 Å². The Kier molecular flexibility index (Phi) is 6.62. The molecule has 0 radical (unpaired) electrons. The van der Waals surface area contributed by atoms with E-state index in [1.807, 2.05) is 20.8 Å². The molecule has 1 aromatic rings. The second-order valence-corrected chi connectivity index (χ2v) is 7.22. The predicted octanol–water partition coefficient (Wildman–Crippen LogP) is 3.01. The molecule has 1 N–H and O–H groups in total. The van der Waals surface area contributed by atoms with E-state index in [2.05, 4.69) is 5.32 Å². The molecule has 0 saturated heterocycles. The molecule has 0 heterocycles. The first kappa shape index (κ1) is 17.1. The third-order valence-electron chi connectivity index (χ3n) is 3.54. The van der Waals surface area contributed by atoms with Gasteiger partial charge in [0.2, 0.25) is 0 Å². The molecule has 0 aliphatic carbocycles. The van der Waals surface area contributed by atoms with E-state index >= 15 is 0 Å². The van der Waals surface area contributed by atoms with Gasteiger partial charge in [0.1, 0.15) is 5.82 Å². The van der Waals surface area contributed by atoms with Crippen LogP contribution in [0, 0.1) is 11.7 Å². The van der Waals surface area contributed by atoms with Crippen LogP contribution in [0.25, 0.3) is 0 Å². The van der Waals surface area contributed by atoms with Gasteiger partial charge in [-0.3, -0.25) is 0 Å². The zero-order valence-corrected chi connectivity index (χ0v) is 13.2. The van der Waals surface area contributed by atoms with Gasteiger partial charge < -0.3 is 5.32 Å². The highest BCUT2D eigenvalue weighted by atomic mass is 32.2. The summed E-state index contributed by atoms with van der Waals surface area (Å²) in [6, 6.07) is 5.11. The lowest BCUT2D eigenvalue weighted by atomic mass is 10.0. The summed E-state index contributed by atoms with van der Waals surface area (Å²) < 4.78 is 37.9. The number of sulfone groups is 1. The fourth-order valence-electron chi connectivity index (χ4n) is 2.03. The first-order chi connectivity index (χ1) is 9.40. The van der Waals surface area contributed by atoms with E-state index < -0.39 is 15.7 Å². The third-order valence-corrected chi connectivity index (χ3v) is 5.31. The first-order valence-electron chi connectivity index (χ1n) is 7.12. The number of hydrogen-bond acceptors (Lipinski definition) is 3. The summed E-state index contributed by atoms with van der Waals surface area (Å²) in [4.78, 5) is 0.0594. The SMILES string of the molecule is CCCNC(CS(=O)(=O)c1cccc(F)c1)C(C)CC. The molecule has 1 aromatic carbocycles. The van der Waals surface area contributed by atoms with Gasteiger partial charge in [0.05, 0.1) is 10.6 Å². The van der Waals surface area contributed by atoms with Crippen LogP contribution in [0.3, 0.4) is 0 Å². The Labute approximate surface area is 121 Å². The number of rotatable bonds is 8. The molecule has 114 valence electrons. The van der Waals surface area contributed by atoms with Crippen molar-refractivity contribution >= 4 is 9.84 Å². The maximum atomic E-state index is 13.2. The molecule has 5 heteroatoms. The summed E-state index contributed by atoms with van der Waals surface area (Å²) in [5.74, 6) is -0.261. The average molecular weight is 301 g/mol. The van der Waals surface area contributed by atoms with Crippen molar-refractivity contribution in [3.8, 4) is 0 Å². The van der Waals surface area contributed by atoms with Gasteiger partial charge in [0.15, 0.2) is 9.84 Å². The van der Waals surface area contributed by atoms with Gasteiger partial charge in [-0.1, -0.05) is 33.3 Å². The predicted molar refractivity (Wildman–Crippen MR) is 80.0 cm³/mol. The first-order valence-corrected chi connectivity index (χ1v) is 8.77. The molecule has 0 aliphatic rings. The minimum Gasteiger partial charge on any atom is -0.313 e. The summed E-state index contributed by atoms with van der Waals surface area (Å²) in [6.07, 6.45) is 1.85. The molecule has 0 spiro atoms. The molecule has 0 amide bonds. The van der Waals surface area contributed by atoms with Crippen LogP contribution in [0.1, 0.15) is 33.6 Å². The van der Waals surface area contributed by atoms with Crippen LogP contribution in [0.4, 0.5) is 4.39 Å². The van der Waals surface area contributed by atoms with E-state index in [4.69, 9.17) is 0 Å². The van der Waals surface area contributed by atoms with Gasteiger partial charge in [0, 0.05) is 6.04 Å². The molecule has 0 bridgehead atoms. The number of hydrogen-bond donors (Lipinski definition) is 1. The van der Waals surface area contributed by atoms with Crippen LogP contribution >= 0.6 is 0 Å². The van der Waals surface area contributed by atoms with Crippen LogP contribution in [0.2, 0.25) is 0 Å². The molecule has 2 unspecified atom stereocenters. The van der Waals surface area contributed by atoms with Gasteiger partial charge in [-0.25, -0.2) is 12.8 Å².